The van der Waals surface area contributed by atoms with E-state index in [1.165, 1.54) is 11.1 Å². The van der Waals surface area contributed by atoms with Crippen LogP contribution in [0.2, 0.25) is 0 Å². The number of carbonyl (C=O) groups excluding carboxylic acids is 1. The van der Waals surface area contributed by atoms with Crippen molar-refractivity contribution in [1.82, 2.24) is 20.6 Å². The first-order valence-electron chi connectivity index (χ1n) is 8.69. The molecule has 0 radical (unpaired) electrons. The number of amides is 1. The molecule has 132 valence electrons. The third kappa shape index (κ3) is 3.15. The van der Waals surface area contributed by atoms with Crippen LogP contribution >= 0.6 is 0 Å². The van der Waals surface area contributed by atoms with Gasteiger partial charge < -0.3 is 10.2 Å². The van der Waals surface area contributed by atoms with Gasteiger partial charge in [-0.1, -0.05) is 29.8 Å². The van der Waals surface area contributed by atoms with E-state index in [1.807, 2.05) is 29.2 Å². The Labute approximate surface area is 151 Å². The van der Waals surface area contributed by atoms with E-state index in [9.17, 15) is 4.79 Å². The van der Waals surface area contributed by atoms with Gasteiger partial charge in [0.15, 0.2) is 0 Å². The molecular weight excluding hydrogens is 328 g/mol. The molecule has 2 heterocycles. The zero-order chi connectivity index (χ0) is 17.9. The minimum absolute atomic E-state index is 0.0534. The number of rotatable bonds is 4. The van der Waals surface area contributed by atoms with Crippen molar-refractivity contribution in [2.24, 2.45) is 0 Å². The van der Waals surface area contributed by atoms with Gasteiger partial charge in [-0.25, -0.2) is 0 Å². The standard InChI is InChI=1S/C19H20N6O/c1-13-8-9-17-14(11-13)5-4-10-25(17)18(26)12-20-16-7-3-2-6-15(16)19-21-23-24-22-19/h2-3,6-9,11,20H,4-5,10,12H2,1H3,(H,21,22,23,24). The van der Waals surface area contributed by atoms with Gasteiger partial charge in [0.05, 0.1) is 6.54 Å². The van der Waals surface area contributed by atoms with Crippen LogP contribution < -0.4 is 10.2 Å². The Balaban J connectivity index is 1.51. The van der Waals surface area contributed by atoms with E-state index in [0.717, 1.165) is 36.3 Å². The Morgan fingerprint density at radius 2 is 2.15 bits per heavy atom. The van der Waals surface area contributed by atoms with Crippen molar-refractivity contribution in [3.8, 4) is 11.4 Å². The summed E-state index contributed by atoms with van der Waals surface area (Å²) in [6, 6.07) is 13.9. The van der Waals surface area contributed by atoms with E-state index < -0.39 is 0 Å². The van der Waals surface area contributed by atoms with Crippen molar-refractivity contribution >= 4 is 17.3 Å². The van der Waals surface area contributed by atoms with Gasteiger partial charge in [0.25, 0.3) is 0 Å². The second-order valence-electron chi connectivity index (χ2n) is 6.42. The fourth-order valence-corrected chi connectivity index (χ4v) is 3.36. The number of nitrogens with zero attached hydrogens (tertiary/aromatic N) is 4. The first-order valence-corrected chi connectivity index (χ1v) is 8.69. The van der Waals surface area contributed by atoms with E-state index in [2.05, 4.69) is 51.1 Å². The second-order valence-corrected chi connectivity index (χ2v) is 6.42. The highest BCUT2D eigenvalue weighted by Gasteiger charge is 2.22. The molecular formula is C19H20N6O. The molecule has 7 nitrogen and oxygen atoms in total. The summed E-state index contributed by atoms with van der Waals surface area (Å²) < 4.78 is 0. The largest absolute Gasteiger partial charge is 0.376 e. The molecule has 1 aromatic heterocycles. The van der Waals surface area contributed by atoms with Gasteiger partial charge in [0, 0.05) is 23.5 Å². The van der Waals surface area contributed by atoms with E-state index in [4.69, 9.17) is 0 Å². The summed E-state index contributed by atoms with van der Waals surface area (Å²) in [6.07, 6.45) is 2.01. The Morgan fingerprint density at radius 3 is 3.00 bits per heavy atom. The molecule has 1 amide bonds. The maximum atomic E-state index is 12.8. The quantitative estimate of drug-likeness (QED) is 0.757. The zero-order valence-corrected chi connectivity index (χ0v) is 14.6. The summed E-state index contributed by atoms with van der Waals surface area (Å²) in [6.45, 7) is 3.04. The first kappa shape index (κ1) is 16.3. The first-order chi connectivity index (χ1) is 12.7. The molecule has 4 rings (SSSR count). The lowest BCUT2D eigenvalue weighted by atomic mass is 9.99. The van der Waals surface area contributed by atoms with Crippen LogP contribution in [-0.4, -0.2) is 39.6 Å². The molecule has 0 saturated heterocycles. The monoisotopic (exact) mass is 348 g/mol. The summed E-state index contributed by atoms with van der Waals surface area (Å²) in [7, 11) is 0. The molecule has 0 aliphatic carbocycles. The van der Waals surface area contributed by atoms with Crippen LogP contribution in [0.25, 0.3) is 11.4 Å². The van der Waals surface area contributed by atoms with Gasteiger partial charge in [-0.3, -0.25) is 4.79 Å². The third-order valence-electron chi connectivity index (χ3n) is 4.60. The van der Waals surface area contributed by atoms with Crippen LogP contribution in [0.3, 0.4) is 0 Å². The maximum Gasteiger partial charge on any atom is 0.246 e. The van der Waals surface area contributed by atoms with Crippen molar-refractivity contribution < 1.29 is 4.79 Å². The SMILES string of the molecule is Cc1ccc2c(c1)CCCN2C(=O)CNc1ccccc1-c1nn[nH]n1. The molecule has 0 saturated carbocycles. The number of tetrazole rings is 1. The number of benzene rings is 2. The molecule has 7 heteroatoms. The van der Waals surface area contributed by atoms with Crippen molar-refractivity contribution in [2.45, 2.75) is 19.8 Å². The lowest BCUT2D eigenvalue weighted by molar-refractivity contribution is -0.117. The number of aryl methyl sites for hydroxylation is 2. The van der Waals surface area contributed by atoms with Crippen LogP contribution in [-0.2, 0) is 11.2 Å². The van der Waals surface area contributed by atoms with Gasteiger partial charge in [0.2, 0.25) is 11.7 Å². The van der Waals surface area contributed by atoms with Gasteiger partial charge in [-0.2, -0.15) is 5.21 Å². The lowest BCUT2D eigenvalue weighted by Crippen LogP contribution is -2.39. The highest BCUT2D eigenvalue weighted by atomic mass is 16.2. The Morgan fingerprint density at radius 1 is 1.27 bits per heavy atom. The normalized spacial score (nSPS) is 13.3. The number of aromatic nitrogens is 4. The van der Waals surface area contributed by atoms with Gasteiger partial charge in [-0.15, -0.1) is 10.2 Å². The lowest BCUT2D eigenvalue weighted by Gasteiger charge is -2.30. The van der Waals surface area contributed by atoms with Crippen molar-refractivity contribution in [1.29, 1.82) is 0 Å². The van der Waals surface area contributed by atoms with Crippen molar-refractivity contribution in [3.05, 3.63) is 53.6 Å². The molecule has 2 N–H and O–H groups in total. The molecule has 0 fully saturated rings. The van der Waals surface area contributed by atoms with E-state index in [1.54, 1.807) is 0 Å². The topological polar surface area (TPSA) is 86.8 Å². The number of fused-ring (bicyclic) bond motifs is 1. The fourth-order valence-electron chi connectivity index (χ4n) is 3.36. The summed E-state index contributed by atoms with van der Waals surface area (Å²) in [5.41, 5.74) is 5.12. The smallest absolute Gasteiger partial charge is 0.246 e. The molecule has 3 aromatic rings. The predicted molar refractivity (Wildman–Crippen MR) is 100.0 cm³/mol. The number of para-hydroxylation sites is 1. The zero-order valence-electron chi connectivity index (χ0n) is 14.6. The maximum absolute atomic E-state index is 12.8. The van der Waals surface area contributed by atoms with Crippen molar-refractivity contribution in [3.63, 3.8) is 0 Å². The number of hydrogen-bond acceptors (Lipinski definition) is 5. The highest BCUT2D eigenvalue weighted by Crippen LogP contribution is 2.28. The second kappa shape index (κ2) is 6.95. The van der Waals surface area contributed by atoms with Gasteiger partial charge >= 0.3 is 0 Å². The molecule has 0 spiro atoms. The number of anilines is 2. The molecule has 0 unspecified atom stereocenters. The molecule has 0 bridgehead atoms. The molecule has 1 aliphatic heterocycles. The van der Waals surface area contributed by atoms with Crippen LogP contribution in [0.4, 0.5) is 11.4 Å². The molecule has 2 aromatic carbocycles. The van der Waals surface area contributed by atoms with Crippen LogP contribution in [0.1, 0.15) is 17.5 Å². The molecule has 1 aliphatic rings. The number of aromatic amines is 1. The number of nitrogens with one attached hydrogen (secondary N) is 2. The Hall–Kier alpha value is -3.22. The van der Waals surface area contributed by atoms with Crippen LogP contribution in [0.5, 0.6) is 0 Å². The van der Waals surface area contributed by atoms with Crippen LogP contribution in [0, 0.1) is 6.92 Å². The number of carbonyl (C=O) groups is 1. The van der Waals surface area contributed by atoms with E-state index in [-0.39, 0.29) is 12.5 Å². The average Bonchev–Trinajstić information content (AvgIpc) is 3.20. The minimum atomic E-state index is 0.0534. The molecule has 0 atom stereocenters. The average molecular weight is 348 g/mol. The van der Waals surface area contributed by atoms with Crippen molar-refractivity contribution in [2.75, 3.05) is 23.3 Å². The summed E-state index contributed by atoms with van der Waals surface area (Å²) >= 11 is 0. The molecule has 26 heavy (non-hydrogen) atoms. The summed E-state index contributed by atoms with van der Waals surface area (Å²) in [5.74, 6) is 0.553. The predicted octanol–water partition coefficient (Wildman–Crippen LogP) is 2.57. The summed E-state index contributed by atoms with van der Waals surface area (Å²) in [5, 5.41) is 17.3. The minimum Gasteiger partial charge on any atom is -0.376 e. The number of hydrogen-bond donors (Lipinski definition) is 2. The van der Waals surface area contributed by atoms with Crippen LogP contribution in [0.15, 0.2) is 42.5 Å². The van der Waals surface area contributed by atoms with E-state index in [0.29, 0.717) is 5.82 Å². The van der Waals surface area contributed by atoms with Gasteiger partial charge in [-0.05, 0) is 48.7 Å². The third-order valence-corrected chi connectivity index (χ3v) is 4.60. The fraction of sp³-hybridized carbons (Fsp3) is 0.263. The summed E-state index contributed by atoms with van der Waals surface area (Å²) in [4.78, 5) is 14.7. The van der Waals surface area contributed by atoms with E-state index >= 15 is 0 Å². The number of H-pyrrole nitrogens is 1. The van der Waals surface area contributed by atoms with Gasteiger partial charge in [0.1, 0.15) is 0 Å². The Kier molecular flexibility index (Phi) is 4.35. The Bertz CT molecular complexity index is 922. The highest BCUT2D eigenvalue weighted by molar-refractivity contribution is 5.97.